The van der Waals surface area contributed by atoms with Crippen LogP contribution in [0.3, 0.4) is 0 Å². The molecule has 5 heteroatoms. The third-order valence-corrected chi connectivity index (χ3v) is 0.924. The quantitative estimate of drug-likeness (QED) is 0.378. The molecule has 1 atom stereocenters. The molecule has 0 spiro atoms. The fourth-order valence-corrected chi connectivity index (χ4v) is 0.491. The molecular formula is C7H9ClO4. The molecule has 4 nitrogen and oxygen atoms in total. The third kappa shape index (κ3) is 5.73. The number of carbonyl (C=O) groups excluding carboxylic acids is 2. The molecule has 0 amide bonds. The molecule has 1 unspecified atom stereocenters. The Hall–Kier alpha value is -1.03. The Morgan fingerprint density at radius 1 is 1.33 bits per heavy atom. The lowest BCUT2D eigenvalue weighted by molar-refractivity contribution is -0.140. The van der Waals surface area contributed by atoms with Crippen molar-refractivity contribution in [2.75, 3.05) is 7.11 Å². The maximum absolute atomic E-state index is 10.7. The van der Waals surface area contributed by atoms with E-state index in [1.807, 2.05) is 0 Å². The minimum atomic E-state index is -0.709. The van der Waals surface area contributed by atoms with Crippen LogP contribution in [0.2, 0.25) is 0 Å². The largest absolute Gasteiger partial charge is 0.466 e. The van der Waals surface area contributed by atoms with Crippen molar-refractivity contribution in [3.05, 3.63) is 12.2 Å². The van der Waals surface area contributed by atoms with Gasteiger partial charge in [-0.1, -0.05) is 11.6 Å². The van der Waals surface area contributed by atoms with Gasteiger partial charge in [0.05, 0.1) is 7.11 Å². The first-order valence-electron chi connectivity index (χ1n) is 3.17. The molecule has 0 aliphatic rings. The van der Waals surface area contributed by atoms with Gasteiger partial charge in [-0.3, -0.25) is 0 Å². The highest BCUT2D eigenvalue weighted by atomic mass is 35.5. The summed E-state index contributed by atoms with van der Waals surface area (Å²) in [6.07, 6.45) is 1.91. The normalized spacial score (nSPS) is 12.6. The van der Waals surface area contributed by atoms with E-state index in [1.165, 1.54) is 14.0 Å². The lowest BCUT2D eigenvalue weighted by Crippen LogP contribution is -2.07. The number of hydrogen-bond acceptors (Lipinski definition) is 4. The molecule has 0 rings (SSSR count). The molecular weight excluding hydrogens is 184 g/mol. The predicted octanol–water partition coefficient (Wildman–Crippen LogP) is 0.844. The van der Waals surface area contributed by atoms with Crippen molar-refractivity contribution in [1.29, 1.82) is 0 Å². The maximum atomic E-state index is 10.7. The van der Waals surface area contributed by atoms with E-state index in [0.717, 1.165) is 12.2 Å². The van der Waals surface area contributed by atoms with Crippen LogP contribution < -0.4 is 0 Å². The molecule has 0 saturated carbocycles. The second-order valence-electron chi connectivity index (χ2n) is 1.84. The van der Waals surface area contributed by atoms with Gasteiger partial charge in [0.25, 0.3) is 0 Å². The minimum absolute atomic E-state index is 0.617. The van der Waals surface area contributed by atoms with Crippen LogP contribution in [0, 0.1) is 0 Å². The topological polar surface area (TPSA) is 52.6 Å². The monoisotopic (exact) mass is 192 g/mol. The lowest BCUT2D eigenvalue weighted by Gasteiger charge is -2.01. The van der Waals surface area contributed by atoms with Crippen LogP contribution >= 0.6 is 11.6 Å². The Labute approximate surface area is 75.1 Å². The Kier molecular flexibility index (Phi) is 5.12. The first kappa shape index (κ1) is 11.0. The number of esters is 2. The number of halogens is 1. The van der Waals surface area contributed by atoms with Crippen molar-refractivity contribution < 1.29 is 19.1 Å². The number of rotatable bonds is 3. The highest BCUT2D eigenvalue weighted by Crippen LogP contribution is 1.96. The lowest BCUT2D eigenvalue weighted by atomic mass is 10.5. The van der Waals surface area contributed by atoms with Gasteiger partial charge >= 0.3 is 11.9 Å². The summed E-state index contributed by atoms with van der Waals surface area (Å²) >= 11 is 5.33. The molecule has 0 aliphatic heterocycles. The molecule has 68 valence electrons. The van der Waals surface area contributed by atoms with E-state index in [2.05, 4.69) is 9.47 Å². The highest BCUT2D eigenvalue weighted by molar-refractivity contribution is 6.20. The first-order valence-corrected chi connectivity index (χ1v) is 3.60. The van der Waals surface area contributed by atoms with E-state index < -0.39 is 17.5 Å². The van der Waals surface area contributed by atoms with E-state index in [9.17, 15) is 9.59 Å². The van der Waals surface area contributed by atoms with Crippen LogP contribution in [0.4, 0.5) is 0 Å². The van der Waals surface area contributed by atoms with E-state index in [-0.39, 0.29) is 0 Å². The molecule has 0 heterocycles. The summed E-state index contributed by atoms with van der Waals surface area (Å²) in [4.78, 5) is 21.1. The summed E-state index contributed by atoms with van der Waals surface area (Å²) in [5.41, 5.74) is -0.709. The Morgan fingerprint density at radius 2 is 1.83 bits per heavy atom. The smallest absolute Gasteiger partial charge is 0.332 e. The molecule has 0 aromatic carbocycles. The van der Waals surface area contributed by atoms with E-state index in [4.69, 9.17) is 11.6 Å². The Bertz CT molecular complexity index is 198. The van der Waals surface area contributed by atoms with Gasteiger partial charge in [-0.05, 0) is 6.92 Å². The Balaban J connectivity index is 3.83. The summed E-state index contributed by atoms with van der Waals surface area (Å²) in [5, 5.41) is 0. The van der Waals surface area contributed by atoms with Crippen molar-refractivity contribution in [2.45, 2.75) is 12.5 Å². The van der Waals surface area contributed by atoms with E-state index >= 15 is 0 Å². The van der Waals surface area contributed by atoms with Crippen LogP contribution in [0.15, 0.2) is 12.2 Å². The zero-order valence-electron chi connectivity index (χ0n) is 6.74. The van der Waals surface area contributed by atoms with Gasteiger partial charge in [0.1, 0.15) is 0 Å². The van der Waals surface area contributed by atoms with Crippen molar-refractivity contribution in [3.63, 3.8) is 0 Å². The van der Waals surface area contributed by atoms with Gasteiger partial charge in [-0.15, -0.1) is 0 Å². The summed E-state index contributed by atoms with van der Waals surface area (Å²) < 4.78 is 8.72. The molecule has 12 heavy (non-hydrogen) atoms. The Morgan fingerprint density at radius 3 is 2.25 bits per heavy atom. The SMILES string of the molecule is COC(=O)/C=C/C(=O)OC(C)Cl. The van der Waals surface area contributed by atoms with Crippen LogP contribution in [-0.2, 0) is 19.1 Å². The second kappa shape index (κ2) is 5.60. The molecule has 0 aliphatic carbocycles. The maximum Gasteiger partial charge on any atom is 0.332 e. The number of ether oxygens (including phenoxy) is 2. The standard InChI is InChI=1S/C7H9ClO4/c1-5(8)12-7(10)4-3-6(9)11-2/h3-5H,1-2H3/b4-3+. The molecule has 0 fully saturated rings. The van der Waals surface area contributed by atoms with Crippen LogP contribution in [-0.4, -0.2) is 24.6 Å². The average molecular weight is 193 g/mol. The third-order valence-electron chi connectivity index (χ3n) is 0.835. The summed E-state index contributed by atoms with van der Waals surface area (Å²) in [5.74, 6) is -1.29. The zero-order valence-corrected chi connectivity index (χ0v) is 7.50. The van der Waals surface area contributed by atoms with Crippen LogP contribution in [0.1, 0.15) is 6.92 Å². The predicted molar refractivity (Wildman–Crippen MR) is 42.6 cm³/mol. The van der Waals surface area contributed by atoms with E-state index in [0.29, 0.717) is 0 Å². The number of hydrogen-bond donors (Lipinski definition) is 0. The molecule has 0 aromatic rings. The number of carbonyl (C=O) groups is 2. The first-order chi connectivity index (χ1) is 5.56. The number of alkyl halides is 1. The summed E-state index contributed by atoms with van der Waals surface area (Å²) in [6.45, 7) is 1.49. The van der Waals surface area contributed by atoms with Crippen LogP contribution in [0.5, 0.6) is 0 Å². The second-order valence-corrected chi connectivity index (χ2v) is 2.45. The number of methoxy groups -OCH3 is 1. The summed E-state index contributed by atoms with van der Waals surface area (Å²) in [7, 11) is 1.21. The van der Waals surface area contributed by atoms with Crippen molar-refractivity contribution >= 4 is 23.5 Å². The molecule has 0 bridgehead atoms. The zero-order chi connectivity index (χ0) is 9.56. The van der Waals surface area contributed by atoms with Gasteiger partial charge in [0.15, 0.2) is 5.56 Å². The highest BCUT2D eigenvalue weighted by Gasteiger charge is 2.02. The van der Waals surface area contributed by atoms with Crippen molar-refractivity contribution in [1.82, 2.24) is 0 Å². The van der Waals surface area contributed by atoms with Crippen molar-refractivity contribution in [2.24, 2.45) is 0 Å². The fourth-order valence-electron chi connectivity index (χ4n) is 0.403. The van der Waals surface area contributed by atoms with Gasteiger partial charge in [0, 0.05) is 12.2 Å². The molecule has 0 aromatic heterocycles. The summed E-state index contributed by atoms with van der Waals surface area (Å²) in [6, 6.07) is 0. The van der Waals surface area contributed by atoms with Gasteiger partial charge < -0.3 is 9.47 Å². The molecule has 0 radical (unpaired) electrons. The molecule has 0 saturated heterocycles. The van der Waals surface area contributed by atoms with Gasteiger partial charge in [-0.2, -0.15) is 0 Å². The van der Waals surface area contributed by atoms with Crippen molar-refractivity contribution in [3.8, 4) is 0 Å². The van der Waals surface area contributed by atoms with Gasteiger partial charge in [-0.25, -0.2) is 9.59 Å². The average Bonchev–Trinajstić information content (AvgIpc) is 1.99. The fraction of sp³-hybridized carbons (Fsp3) is 0.429. The minimum Gasteiger partial charge on any atom is -0.466 e. The van der Waals surface area contributed by atoms with Gasteiger partial charge in [0.2, 0.25) is 0 Å². The van der Waals surface area contributed by atoms with Crippen LogP contribution in [0.25, 0.3) is 0 Å². The van der Waals surface area contributed by atoms with E-state index in [1.54, 1.807) is 0 Å². The molecule has 0 N–H and O–H groups in total.